The fourth-order valence-corrected chi connectivity index (χ4v) is 5.24. The van der Waals surface area contributed by atoms with Crippen molar-refractivity contribution in [2.75, 3.05) is 50.2 Å². The Bertz CT molecular complexity index is 1420. The van der Waals surface area contributed by atoms with Gasteiger partial charge in [0.15, 0.2) is 0 Å². The molecule has 0 spiro atoms. The van der Waals surface area contributed by atoms with Gasteiger partial charge in [0.2, 0.25) is 0 Å². The molecule has 220 valence electrons. The molecule has 0 aliphatic carbocycles. The summed E-state index contributed by atoms with van der Waals surface area (Å²) in [5, 5.41) is 17.7. The fourth-order valence-electron chi connectivity index (χ4n) is 5.24. The fraction of sp³-hybridized carbons (Fsp3) is 0.400. The molecule has 12 heteroatoms. The molecule has 0 atom stereocenters. The van der Waals surface area contributed by atoms with Crippen LogP contribution >= 0.6 is 0 Å². The summed E-state index contributed by atoms with van der Waals surface area (Å²) in [5.74, 6) is 3.14. The second-order valence-corrected chi connectivity index (χ2v) is 10.4. The van der Waals surface area contributed by atoms with E-state index < -0.39 is 0 Å². The number of aryl methyl sites for hydroxylation is 4. The number of nitrogens with zero attached hydrogens (tertiary/aromatic N) is 10. The van der Waals surface area contributed by atoms with Gasteiger partial charge >= 0.3 is 11.9 Å². The lowest BCUT2D eigenvalue weighted by Gasteiger charge is -2.34. The van der Waals surface area contributed by atoms with Gasteiger partial charge in [-0.05, 0) is 37.1 Å². The van der Waals surface area contributed by atoms with Gasteiger partial charge in [-0.1, -0.05) is 10.2 Å². The van der Waals surface area contributed by atoms with Gasteiger partial charge in [-0.25, -0.2) is 18.3 Å². The number of aromatic nitrogens is 4. The quantitative estimate of drug-likeness (QED) is 0.220. The lowest BCUT2D eigenvalue weighted by atomic mass is 10.1. The van der Waals surface area contributed by atoms with Crippen molar-refractivity contribution in [3.05, 3.63) is 61.2 Å². The highest BCUT2D eigenvalue weighted by Crippen LogP contribution is 2.36. The number of ether oxygens (including phenoxy) is 2. The molecule has 1 aliphatic rings. The van der Waals surface area contributed by atoms with E-state index in [2.05, 4.69) is 42.4 Å². The van der Waals surface area contributed by atoms with Crippen LogP contribution in [-0.2, 0) is 28.2 Å². The highest BCUT2D eigenvalue weighted by molar-refractivity contribution is 5.65. The standard InChI is InChI=1S/C30H40N10O2/c1-35-17-18-36(2)29(35)33-31-23-9-11-25(27(21-23)41-5)39-13-7-15-40(16-8-14-39)26-12-10-24(22-28(26)42-6)32-34-30-37(3)19-20-38(30)4/h9-12,17-22H,7-8,13-16H2,1-6H3/q+2. The van der Waals surface area contributed by atoms with Crippen LogP contribution in [0, 0.1) is 0 Å². The Kier molecular flexibility index (Phi) is 8.80. The Morgan fingerprint density at radius 1 is 0.619 bits per heavy atom. The average Bonchev–Trinajstić information content (AvgIpc) is 3.48. The summed E-state index contributed by atoms with van der Waals surface area (Å²) in [5.41, 5.74) is 3.66. The highest BCUT2D eigenvalue weighted by Gasteiger charge is 2.20. The molecule has 1 aliphatic heterocycles. The number of rotatable bonds is 8. The van der Waals surface area contributed by atoms with Crippen molar-refractivity contribution < 1.29 is 18.6 Å². The molecule has 0 bridgehead atoms. The Hall–Kier alpha value is -4.74. The smallest absolute Gasteiger partial charge is 0.421 e. The summed E-state index contributed by atoms with van der Waals surface area (Å²) >= 11 is 0. The van der Waals surface area contributed by atoms with Crippen LogP contribution in [0.2, 0.25) is 0 Å². The van der Waals surface area contributed by atoms with Gasteiger partial charge in [0.25, 0.3) is 0 Å². The number of methoxy groups -OCH3 is 2. The number of benzene rings is 2. The largest absolute Gasteiger partial charge is 0.495 e. The topological polar surface area (TPSA) is 92.0 Å². The van der Waals surface area contributed by atoms with Gasteiger partial charge in [-0.15, -0.1) is 0 Å². The molecular formula is C30H40N10O2+2. The molecule has 1 fully saturated rings. The molecular weight excluding hydrogens is 532 g/mol. The minimum atomic E-state index is 0.752. The molecule has 5 rings (SSSR count). The predicted octanol–water partition coefficient (Wildman–Crippen LogP) is 4.97. The Morgan fingerprint density at radius 3 is 1.36 bits per heavy atom. The lowest BCUT2D eigenvalue weighted by Crippen LogP contribution is -2.37. The second-order valence-electron chi connectivity index (χ2n) is 10.4. The first kappa shape index (κ1) is 28.8. The third-order valence-electron chi connectivity index (χ3n) is 7.52. The van der Waals surface area contributed by atoms with E-state index in [4.69, 9.17) is 9.47 Å². The summed E-state index contributed by atoms with van der Waals surface area (Å²) in [6.45, 7) is 3.65. The maximum absolute atomic E-state index is 5.78. The average molecular weight is 573 g/mol. The molecule has 3 heterocycles. The molecule has 2 aromatic heterocycles. The van der Waals surface area contributed by atoms with E-state index in [9.17, 15) is 0 Å². The molecule has 2 aromatic carbocycles. The van der Waals surface area contributed by atoms with E-state index in [1.165, 1.54) is 0 Å². The van der Waals surface area contributed by atoms with Crippen molar-refractivity contribution in [2.45, 2.75) is 12.8 Å². The summed E-state index contributed by atoms with van der Waals surface area (Å²) in [7, 11) is 11.2. The first-order chi connectivity index (χ1) is 20.4. The number of hydrogen-bond acceptors (Lipinski definition) is 8. The predicted molar refractivity (Wildman–Crippen MR) is 161 cm³/mol. The summed E-state index contributed by atoms with van der Waals surface area (Å²) in [4.78, 5) is 4.80. The maximum atomic E-state index is 5.78. The van der Waals surface area contributed by atoms with Crippen molar-refractivity contribution in [3.8, 4) is 11.5 Å². The van der Waals surface area contributed by atoms with Crippen LogP contribution in [-0.4, -0.2) is 49.5 Å². The Morgan fingerprint density at radius 2 is 1.02 bits per heavy atom. The third-order valence-corrected chi connectivity index (χ3v) is 7.52. The number of hydrogen-bond donors (Lipinski definition) is 0. The summed E-state index contributed by atoms with van der Waals surface area (Å²) in [6.07, 6.45) is 9.78. The van der Waals surface area contributed by atoms with Crippen molar-refractivity contribution in [1.29, 1.82) is 0 Å². The molecule has 0 unspecified atom stereocenters. The molecule has 42 heavy (non-hydrogen) atoms. The van der Waals surface area contributed by atoms with Gasteiger partial charge in [0.1, 0.15) is 22.9 Å². The second kappa shape index (κ2) is 12.8. The third kappa shape index (κ3) is 6.27. The van der Waals surface area contributed by atoms with E-state index in [-0.39, 0.29) is 0 Å². The van der Waals surface area contributed by atoms with Crippen LogP contribution in [0.15, 0.2) is 81.6 Å². The molecule has 0 amide bonds. The maximum Gasteiger partial charge on any atom is 0.421 e. The minimum Gasteiger partial charge on any atom is -0.495 e. The summed E-state index contributed by atoms with van der Waals surface area (Å²) < 4.78 is 19.3. The van der Waals surface area contributed by atoms with Crippen molar-refractivity contribution >= 4 is 34.6 Å². The zero-order valence-electron chi connectivity index (χ0n) is 25.3. The molecule has 4 aromatic rings. The summed E-state index contributed by atoms with van der Waals surface area (Å²) in [6, 6.07) is 12.1. The number of anilines is 2. The van der Waals surface area contributed by atoms with E-state index in [0.29, 0.717) is 0 Å². The first-order valence-corrected chi connectivity index (χ1v) is 14.1. The van der Waals surface area contributed by atoms with Crippen LogP contribution in [0.3, 0.4) is 0 Å². The zero-order chi connectivity index (χ0) is 29.6. The minimum absolute atomic E-state index is 0.752. The first-order valence-electron chi connectivity index (χ1n) is 14.1. The van der Waals surface area contributed by atoms with Crippen LogP contribution in [0.25, 0.3) is 0 Å². The van der Waals surface area contributed by atoms with Gasteiger partial charge in [-0.3, -0.25) is 0 Å². The molecule has 0 saturated carbocycles. The number of azo groups is 2. The van der Waals surface area contributed by atoms with Crippen LogP contribution in [0.4, 0.5) is 34.6 Å². The molecule has 0 N–H and O–H groups in total. The van der Waals surface area contributed by atoms with E-state index in [1.54, 1.807) is 14.2 Å². The highest BCUT2D eigenvalue weighted by atomic mass is 16.5. The van der Waals surface area contributed by atoms with Crippen molar-refractivity contribution in [3.63, 3.8) is 0 Å². The van der Waals surface area contributed by atoms with Crippen molar-refractivity contribution in [2.24, 2.45) is 48.6 Å². The molecule has 0 radical (unpaired) electrons. The van der Waals surface area contributed by atoms with Gasteiger partial charge in [0.05, 0.1) is 78.6 Å². The molecule has 12 nitrogen and oxygen atoms in total. The lowest BCUT2D eigenvalue weighted by molar-refractivity contribution is -0.657. The van der Waals surface area contributed by atoms with Crippen LogP contribution in [0.5, 0.6) is 11.5 Å². The Balaban J connectivity index is 1.25. The van der Waals surface area contributed by atoms with Crippen molar-refractivity contribution in [1.82, 2.24) is 9.13 Å². The Labute approximate surface area is 246 Å². The van der Waals surface area contributed by atoms with E-state index >= 15 is 0 Å². The van der Waals surface area contributed by atoms with Gasteiger partial charge in [0, 0.05) is 48.5 Å². The number of imidazole rings is 2. The zero-order valence-corrected chi connectivity index (χ0v) is 25.3. The van der Waals surface area contributed by atoms with Gasteiger partial charge < -0.3 is 19.3 Å². The van der Waals surface area contributed by atoms with Crippen LogP contribution < -0.4 is 28.4 Å². The molecule has 1 saturated heterocycles. The normalized spacial score (nSPS) is 14.5. The van der Waals surface area contributed by atoms with E-state index in [1.807, 2.05) is 95.5 Å². The van der Waals surface area contributed by atoms with Crippen LogP contribution in [0.1, 0.15) is 12.8 Å². The van der Waals surface area contributed by atoms with Gasteiger partial charge in [-0.2, -0.15) is 0 Å². The monoisotopic (exact) mass is 572 g/mol. The van der Waals surface area contributed by atoms with E-state index in [0.717, 1.165) is 85.2 Å². The SMILES string of the molecule is COc1cc(/N=N/c2n(C)cc[n+]2C)ccc1N1CCCN(c2ccc(/N=N/c3n(C)cc[n+]3C)cc2OC)CCC1.